The Morgan fingerprint density at radius 3 is 2.24 bits per heavy atom. The van der Waals surface area contributed by atoms with Crippen molar-refractivity contribution in [3.8, 4) is 17.2 Å². The molecule has 0 aliphatic rings. The van der Waals surface area contributed by atoms with Crippen LogP contribution in [0.1, 0.15) is 18.4 Å². The molecule has 0 spiro atoms. The van der Waals surface area contributed by atoms with E-state index in [1.165, 1.54) is 14.2 Å². The smallest absolute Gasteiger partial charge is 0.220 e. The van der Waals surface area contributed by atoms with Crippen molar-refractivity contribution < 1.29 is 27.4 Å². The fraction of sp³-hybridized carbons (Fsp3) is 0.381. The number of ether oxygens (including phenoxy) is 3. The van der Waals surface area contributed by atoms with E-state index in [9.17, 15) is 13.2 Å². The van der Waals surface area contributed by atoms with Gasteiger partial charge in [-0.15, -0.1) is 0 Å². The fourth-order valence-corrected chi connectivity index (χ4v) is 4.26. The van der Waals surface area contributed by atoms with E-state index in [-0.39, 0.29) is 18.1 Å². The highest BCUT2D eigenvalue weighted by molar-refractivity contribution is 7.91. The molecule has 0 fully saturated rings. The molecule has 0 heterocycles. The van der Waals surface area contributed by atoms with E-state index >= 15 is 0 Å². The van der Waals surface area contributed by atoms with E-state index < -0.39 is 9.84 Å². The van der Waals surface area contributed by atoms with Gasteiger partial charge in [-0.3, -0.25) is 4.79 Å². The molecule has 7 nitrogen and oxygen atoms in total. The maximum absolute atomic E-state index is 12.2. The van der Waals surface area contributed by atoms with Crippen LogP contribution < -0.4 is 19.5 Å². The molecule has 0 radical (unpaired) electrons. The average Bonchev–Trinajstić information content (AvgIpc) is 2.75. The summed E-state index contributed by atoms with van der Waals surface area (Å²) in [7, 11) is 1.28. The largest absolute Gasteiger partial charge is 0.493 e. The van der Waals surface area contributed by atoms with Crippen LogP contribution in [-0.2, 0) is 21.1 Å². The van der Waals surface area contributed by atoms with Crippen molar-refractivity contribution in [1.29, 1.82) is 0 Å². The van der Waals surface area contributed by atoms with Crippen molar-refractivity contribution in [3.63, 3.8) is 0 Å². The predicted octanol–water partition coefficient (Wildman–Crippen LogP) is 2.63. The molecular weight excluding hydrogens is 394 g/mol. The number of sulfone groups is 1. The first kappa shape index (κ1) is 22.5. The number of benzene rings is 2. The fourth-order valence-electron chi connectivity index (χ4n) is 2.93. The van der Waals surface area contributed by atoms with Gasteiger partial charge in [-0.1, -0.05) is 24.3 Å². The minimum Gasteiger partial charge on any atom is -0.493 e. The Bertz CT molecular complexity index is 912. The van der Waals surface area contributed by atoms with Gasteiger partial charge in [-0.2, -0.15) is 0 Å². The Morgan fingerprint density at radius 1 is 0.931 bits per heavy atom. The lowest BCUT2D eigenvalue weighted by molar-refractivity contribution is -0.121. The first-order chi connectivity index (χ1) is 13.9. The van der Waals surface area contributed by atoms with Crippen LogP contribution in [0.5, 0.6) is 17.2 Å². The maximum Gasteiger partial charge on any atom is 0.220 e. The Kier molecular flexibility index (Phi) is 8.33. The van der Waals surface area contributed by atoms with Gasteiger partial charge in [0.05, 0.1) is 32.0 Å². The lowest BCUT2D eigenvalue weighted by Crippen LogP contribution is -2.26. The van der Waals surface area contributed by atoms with E-state index in [1.54, 1.807) is 43.5 Å². The van der Waals surface area contributed by atoms with Gasteiger partial charge in [0.25, 0.3) is 0 Å². The van der Waals surface area contributed by atoms with E-state index in [1.807, 2.05) is 6.07 Å². The number of methoxy groups -OCH3 is 3. The zero-order valence-corrected chi connectivity index (χ0v) is 17.8. The van der Waals surface area contributed by atoms with Crippen LogP contribution in [0.2, 0.25) is 0 Å². The van der Waals surface area contributed by atoms with Gasteiger partial charge >= 0.3 is 0 Å². The second-order valence-corrected chi connectivity index (χ2v) is 8.44. The van der Waals surface area contributed by atoms with Gasteiger partial charge in [0, 0.05) is 13.0 Å². The molecular formula is C21H27NO6S. The normalized spacial score (nSPS) is 11.0. The molecule has 1 N–H and O–H groups in total. The summed E-state index contributed by atoms with van der Waals surface area (Å²) >= 11 is 0. The number of rotatable bonds is 11. The SMILES string of the molecule is COc1ccc(CCC(=O)NCCCS(=O)(=O)c2ccccc2)c(OC)c1OC. The van der Waals surface area contributed by atoms with Crippen LogP contribution in [0.25, 0.3) is 0 Å². The summed E-state index contributed by atoms with van der Waals surface area (Å²) in [5.74, 6) is 1.41. The number of carbonyl (C=O) groups excluding carboxylic acids is 1. The molecule has 0 aromatic heterocycles. The van der Waals surface area contributed by atoms with Gasteiger partial charge in [0.2, 0.25) is 11.7 Å². The summed E-state index contributed by atoms with van der Waals surface area (Å²) in [4.78, 5) is 12.4. The van der Waals surface area contributed by atoms with E-state index in [0.717, 1.165) is 5.56 Å². The average molecular weight is 422 g/mol. The highest BCUT2D eigenvalue weighted by Gasteiger charge is 2.17. The number of aryl methyl sites for hydroxylation is 1. The molecule has 2 aromatic rings. The third-order valence-corrected chi connectivity index (χ3v) is 6.24. The summed E-state index contributed by atoms with van der Waals surface area (Å²) in [6.07, 6.45) is 1.05. The molecule has 29 heavy (non-hydrogen) atoms. The third kappa shape index (κ3) is 6.12. The second-order valence-electron chi connectivity index (χ2n) is 6.33. The van der Waals surface area contributed by atoms with Crippen LogP contribution in [0, 0.1) is 0 Å². The van der Waals surface area contributed by atoms with Crippen LogP contribution in [0.4, 0.5) is 0 Å². The van der Waals surface area contributed by atoms with Gasteiger partial charge in [0.1, 0.15) is 0 Å². The monoisotopic (exact) mass is 421 g/mol. The summed E-state index contributed by atoms with van der Waals surface area (Å²) in [6, 6.07) is 11.9. The molecule has 158 valence electrons. The van der Waals surface area contributed by atoms with Crippen molar-refractivity contribution >= 4 is 15.7 Å². The Hall–Kier alpha value is -2.74. The van der Waals surface area contributed by atoms with E-state index in [2.05, 4.69) is 5.32 Å². The molecule has 0 bridgehead atoms. The number of carbonyl (C=O) groups is 1. The van der Waals surface area contributed by atoms with Gasteiger partial charge < -0.3 is 19.5 Å². The predicted molar refractivity (Wildman–Crippen MR) is 111 cm³/mol. The zero-order chi connectivity index (χ0) is 21.3. The number of hydrogen-bond acceptors (Lipinski definition) is 6. The van der Waals surface area contributed by atoms with Crippen LogP contribution >= 0.6 is 0 Å². The molecule has 0 saturated carbocycles. The quantitative estimate of drug-likeness (QED) is 0.561. The highest BCUT2D eigenvalue weighted by Crippen LogP contribution is 2.40. The molecule has 2 rings (SSSR count). The van der Waals surface area contributed by atoms with Crippen LogP contribution in [0.3, 0.4) is 0 Å². The summed E-state index contributed by atoms with van der Waals surface area (Å²) < 4.78 is 40.5. The molecule has 1 amide bonds. The summed E-state index contributed by atoms with van der Waals surface area (Å²) in [5.41, 5.74) is 0.826. The summed E-state index contributed by atoms with van der Waals surface area (Å²) in [5, 5.41) is 2.77. The van der Waals surface area contributed by atoms with Crippen molar-refractivity contribution in [2.45, 2.75) is 24.2 Å². The zero-order valence-electron chi connectivity index (χ0n) is 16.9. The van der Waals surface area contributed by atoms with Gasteiger partial charge in [-0.25, -0.2) is 8.42 Å². The molecule has 0 atom stereocenters. The first-order valence-electron chi connectivity index (χ1n) is 9.25. The highest BCUT2D eigenvalue weighted by atomic mass is 32.2. The van der Waals surface area contributed by atoms with Gasteiger partial charge in [0.15, 0.2) is 21.3 Å². The minimum atomic E-state index is -3.33. The van der Waals surface area contributed by atoms with Crippen molar-refractivity contribution in [2.75, 3.05) is 33.6 Å². The minimum absolute atomic E-state index is 0.0131. The third-order valence-electron chi connectivity index (χ3n) is 4.42. The standard InChI is InChI=1S/C21H27NO6S/c1-26-18-12-10-16(20(27-2)21(18)28-3)11-13-19(23)22-14-7-15-29(24,25)17-8-5-4-6-9-17/h4-6,8-10,12H,7,11,13-15H2,1-3H3,(H,22,23). The molecule has 0 unspecified atom stereocenters. The Balaban J connectivity index is 1.83. The molecule has 0 saturated heterocycles. The summed E-state index contributed by atoms with van der Waals surface area (Å²) in [6.45, 7) is 0.300. The lowest BCUT2D eigenvalue weighted by atomic mass is 10.1. The second kappa shape index (κ2) is 10.7. The molecule has 8 heteroatoms. The van der Waals surface area contributed by atoms with Crippen molar-refractivity contribution in [1.82, 2.24) is 5.32 Å². The van der Waals surface area contributed by atoms with Crippen molar-refractivity contribution in [3.05, 3.63) is 48.0 Å². The van der Waals surface area contributed by atoms with Crippen LogP contribution in [-0.4, -0.2) is 48.0 Å². The number of hydrogen-bond donors (Lipinski definition) is 1. The Morgan fingerprint density at radius 2 is 1.62 bits per heavy atom. The molecule has 0 aliphatic heterocycles. The van der Waals surface area contributed by atoms with Crippen LogP contribution in [0.15, 0.2) is 47.4 Å². The van der Waals surface area contributed by atoms with E-state index in [4.69, 9.17) is 14.2 Å². The number of nitrogens with one attached hydrogen (secondary N) is 1. The topological polar surface area (TPSA) is 90.9 Å². The molecule has 0 aliphatic carbocycles. The van der Waals surface area contributed by atoms with E-state index in [0.29, 0.717) is 41.5 Å². The first-order valence-corrected chi connectivity index (χ1v) is 10.9. The van der Waals surface area contributed by atoms with Crippen molar-refractivity contribution in [2.24, 2.45) is 0 Å². The number of amides is 1. The maximum atomic E-state index is 12.2. The van der Waals surface area contributed by atoms with Gasteiger partial charge in [-0.05, 0) is 36.6 Å². The molecule has 2 aromatic carbocycles. The Labute approximate surface area is 171 Å². The lowest BCUT2D eigenvalue weighted by Gasteiger charge is -2.15.